The summed E-state index contributed by atoms with van der Waals surface area (Å²) in [6, 6.07) is 0. The van der Waals surface area contributed by atoms with E-state index < -0.39 is 39.1 Å². The van der Waals surface area contributed by atoms with Crippen molar-refractivity contribution in [1.82, 2.24) is 0 Å². The summed E-state index contributed by atoms with van der Waals surface area (Å²) in [4.78, 5) is 11.9. The van der Waals surface area contributed by atoms with Gasteiger partial charge in [-0.2, -0.15) is 8.42 Å². The second-order valence-electron chi connectivity index (χ2n) is 6.14. The number of methoxy groups -OCH3 is 1. The molecule has 2 fully saturated rings. The van der Waals surface area contributed by atoms with Gasteiger partial charge in [0, 0.05) is 5.41 Å². The Labute approximate surface area is 119 Å². The van der Waals surface area contributed by atoms with Gasteiger partial charge in [0.1, 0.15) is 0 Å². The molecule has 6 nitrogen and oxygen atoms in total. The van der Waals surface area contributed by atoms with Gasteiger partial charge in [-0.25, -0.2) is 0 Å². The molecular weight excluding hydrogens is 284 g/mol. The van der Waals surface area contributed by atoms with Gasteiger partial charge in [0.25, 0.3) is 10.1 Å². The molecule has 0 bridgehead atoms. The minimum Gasteiger partial charge on any atom is -0.469 e. The normalized spacial score (nSPS) is 41.2. The molecule has 2 aliphatic rings. The highest BCUT2D eigenvalue weighted by molar-refractivity contribution is 7.86. The monoisotopic (exact) mass is 306 g/mol. The molecular formula is C13H22O6S. The predicted octanol–water partition coefficient (Wildman–Crippen LogP) is 0.835. The molecule has 0 aromatic heterocycles. The van der Waals surface area contributed by atoms with E-state index in [0.29, 0.717) is 25.7 Å². The third kappa shape index (κ3) is 2.35. The van der Waals surface area contributed by atoms with Gasteiger partial charge in [-0.3, -0.25) is 8.98 Å². The molecule has 0 heterocycles. The molecule has 1 N–H and O–H groups in total. The van der Waals surface area contributed by atoms with Gasteiger partial charge in [0.05, 0.1) is 31.0 Å². The van der Waals surface area contributed by atoms with Crippen molar-refractivity contribution in [2.75, 3.05) is 13.4 Å². The van der Waals surface area contributed by atoms with Crippen LogP contribution in [0.25, 0.3) is 0 Å². The van der Waals surface area contributed by atoms with Crippen LogP contribution in [-0.4, -0.2) is 44.6 Å². The van der Waals surface area contributed by atoms with Gasteiger partial charge in [-0.15, -0.1) is 0 Å². The standard InChI is InChI=1S/C13H22O6S/c1-12-7-4-5-9(11(14)18-2)13(12,15)8-6-10(12)19-20(3,16)17/h9-10,15H,4-8H2,1-3H3/t9-,10+,12+,13-/m0/s1. The average molecular weight is 306 g/mol. The van der Waals surface area contributed by atoms with Gasteiger partial charge < -0.3 is 9.84 Å². The van der Waals surface area contributed by atoms with Gasteiger partial charge in [-0.1, -0.05) is 13.3 Å². The second kappa shape index (κ2) is 4.96. The molecule has 0 radical (unpaired) electrons. The molecule has 4 atom stereocenters. The van der Waals surface area contributed by atoms with Crippen molar-refractivity contribution in [3.63, 3.8) is 0 Å². The van der Waals surface area contributed by atoms with Crippen molar-refractivity contribution in [2.24, 2.45) is 11.3 Å². The van der Waals surface area contributed by atoms with Crippen molar-refractivity contribution in [1.29, 1.82) is 0 Å². The summed E-state index contributed by atoms with van der Waals surface area (Å²) in [5, 5.41) is 11.0. The van der Waals surface area contributed by atoms with Crippen LogP contribution in [0.3, 0.4) is 0 Å². The van der Waals surface area contributed by atoms with E-state index in [-0.39, 0.29) is 0 Å². The summed E-state index contributed by atoms with van der Waals surface area (Å²) < 4.78 is 32.7. The van der Waals surface area contributed by atoms with E-state index in [1.54, 1.807) is 0 Å². The zero-order valence-electron chi connectivity index (χ0n) is 12.1. The Morgan fingerprint density at radius 2 is 1.95 bits per heavy atom. The topological polar surface area (TPSA) is 89.9 Å². The lowest BCUT2D eigenvalue weighted by molar-refractivity contribution is -0.181. The molecule has 2 saturated carbocycles. The summed E-state index contributed by atoms with van der Waals surface area (Å²) in [6.07, 6.45) is 3.13. The van der Waals surface area contributed by atoms with Crippen LogP contribution in [0.5, 0.6) is 0 Å². The molecule has 2 aliphatic carbocycles. The Hall–Kier alpha value is -0.660. The number of hydrogen-bond acceptors (Lipinski definition) is 6. The van der Waals surface area contributed by atoms with E-state index in [9.17, 15) is 18.3 Å². The number of ether oxygens (including phenoxy) is 1. The molecule has 0 unspecified atom stereocenters. The molecule has 0 aromatic rings. The van der Waals surface area contributed by atoms with Crippen LogP contribution in [0.4, 0.5) is 0 Å². The number of aliphatic hydroxyl groups is 1. The number of carbonyl (C=O) groups is 1. The number of hydrogen-bond donors (Lipinski definition) is 1. The van der Waals surface area contributed by atoms with E-state index in [1.807, 2.05) is 6.92 Å². The van der Waals surface area contributed by atoms with Crippen LogP contribution in [0.2, 0.25) is 0 Å². The molecule has 116 valence electrons. The Morgan fingerprint density at radius 3 is 2.50 bits per heavy atom. The zero-order valence-corrected chi connectivity index (χ0v) is 12.9. The predicted molar refractivity (Wildman–Crippen MR) is 71.4 cm³/mol. The first-order chi connectivity index (χ1) is 9.14. The average Bonchev–Trinajstić information content (AvgIpc) is 2.59. The van der Waals surface area contributed by atoms with Gasteiger partial charge >= 0.3 is 5.97 Å². The molecule has 0 amide bonds. The van der Waals surface area contributed by atoms with E-state index >= 15 is 0 Å². The number of rotatable bonds is 3. The van der Waals surface area contributed by atoms with E-state index in [2.05, 4.69) is 0 Å². The highest BCUT2D eigenvalue weighted by Crippen LogP contribution is 2.58. The lowest BCUT2D eigenvalue weighted by atomic mass is 9.60. The smallest absolute Gasteiger partial charge is 0.311 e. The maximum atomic E-state index is 11.9. The fourth-order valence-electron chi connectivity index (χ4n) is 3.92. The first kappa shape index (κ1) is 15.7. The zero-order chi connectivity index (χ0) is 15.2. The van der Waals surface area contributed by atoms with Crippen molar-refractivity contribution in [3.05, 3.63) is 0 Å². The Kier molecular flexibility index (Phi) is 3.90. The van der Waals surface area contributed by atoms with Crippen LogP contribution in [0.1, 0.15) is 39.0 Å². The Morgan fingerprint density at radius 1 is 1.30 bits per heavy atom. The Balaban J connectivity index is 2.33. The summed E-state index contributed by atoms with van der Waals surface area (Å²) in [6.45, 7) is 1.81. The third-order valence-electron chi connectivity index (χ3n) is 5.03. The minimum atomic E-state index is -3.59. The molecule has 0 aromatic carbocycles. The third-order valence-corrected chi connectivity index (χ3v) is 5.61. The van der Waals surface area contributed by atoms with Crippen LogP contribution in [-0.2, 0) is 23.8 Å². The summed E-state index contributed by atoms with van der Waals surface area (Å²) in [5.41, 5.74) is -2.00. The first-order valence-electron chi connectivity index (χ1n) is 6.82. The summed E-state index contributed by atoms with van der Waals surface area (Å²) in [7, 11) is -2.29. The SMILES string of the molecule is COC(=O)[C@@H]1CCC[C@]2(C)[C@H](OS(C)(=O)=O)CC[C@]12O. The van der Waals surface area contributed by atoms with Gasteiger partial charge in [-0.05, 0) is 25.7 Å². The van der Waals surface area contributed by atoms with Crippen LogP contribution in [0.15, 0.2) is 0 Å². The molecule has 2 rings (SSSR count). The molecule has 0 aliphatic heterocycles. The van der Waals surface area contributed by atoms with Crippen molar-refractivity contribution >= 4 is 16.1 Å². The summed E-state index contributed by atoms with van der Waals surface area (Å²) >= 11 is 0. The van der Waals surface area contributed by atoms with Crippen LogP contribution < -0.4 is 0 Å². The van der Waals surface area contributed by atoms with Crippen LogP contribution in [0, 0.1) is 11.3 Å². The lowest BCUT2D eigenvalue weighted by Crippen LogP contribution is -2.57. The lowest BCUT2D eigenvalue weighted by Gasteiger charge is -2.49. The maximum Gasteiger partial charge on any atom is 0.311 e. The highest BCUT2D eigenvalue weighted by atomic mass is 32.2. The minimum absolute atomic E-state index is 0.351. The van der Waals surface area contributed by atoms with Crippen LogP contribution >= 0.6 is 0 Å². The fraction of sp³-hybridized carbons (Fsp3) is 0.923. The van der Waals surface area contributed by atoms with E-state index in [0.717, 1.165) is 12.7 Å². The summed E-state index contributed by atoms with van der Waals surface area (Å²) in [5.74, 6) is -1.04. The van der Waals surface area contributed by atoms with Crippen molar-refractivity contribution in [3.8, 4) is 0 Å². The quantitative estimate of drug-likeness (QED) is 0.614. The maximum absolute atomic E-state index is 11.9. The highest BCUT2D eigenvalue weighted by Gasteiger charge is 2.64. The van der Waals surface area contributed by atoms with Gasteiger partial charge in [0.2, 0.25) is 0 Å². The second-order valence-corrected chi connectivity index (χ2v) is 7.74. The fourth-order valence-corrected chi connectivity index (χ4v) is 4.65. The number of fused-ring (bicyclic) bond motifs is 1. The van der Waals surface area contributed by atoms with E-state index in [1.165, 1.54) is 7.11 Å². The molecule has 0 saturated heterocycles. The van der Waals surface area contributed by atoms with E-state index in [4.69, 9.17) is 8.92 Å². The number of carbonyl (C=O) groups excluding carboxylic acids is 1. The molecule has 20 heavy (non-hydrogen) atoms. The van der Waals surface area contributed by atoms with Crippen molar-refractivity contribution < 1.29 is 27.2 Å². The van der Waals surface area contributed by atoms with Gasteiger partial charge in [0.15, 0.2) is 0 Å². The van der Waals surface area contributed by atoms with Crippen molar-refractivity contribution in [2.45, 2.75) is 50.7 Å². The molecule has 0 spiro atoms. The Bertz CT molecular complexity index is 501. The number of esters is 1. The largest absolute Gasteiger partial charge is 0.469 e. The molecule has 7 heteroatoms. The first-order valence-corrected chi connectivity index (χ1v) is 8.64.